The van der Waals surface area contributed by atoms with E-state index < -0.39 is 5.54 Å². The second-order valence-corrected chi connectivity index (χ2v) is 3.98. The molecule has 1 atom stereocenters. The van der Waals surface area contributed by atoms with Crippen LogP contribution >= 0.6 is 0 Å². The Balaban J connectivity index is 1.87. The topological polar surface area (TPSA) is 82.7 Å². The Bertz CT molecular complexity index is 328. The van der Waals surface area contributed by atoms with Crippen molar-refractivity contribution in [1.29, 1.82) is 0 Å². The highest BCUT2D eigenvalue weighted by atomic mass is 16.2. The first-order chi connectivity index (χ1) is 7.21. The molecule has 1 aromatic heterocycles. The van der Waals surface area contributed by atoms with Gasteiger partial charge in [-0.15, -0.1) is 0 Å². The van der Waals surface area contributed by atoms with Crippen LogP contribution in [-0.2, 0) is 11.3 Å². The van der Waals surface area contributed by atoms with Gasteiger partial charge in [0.2, 0.25) is 5.91 Å². The first-order valence-electron chi connectivity index (χ1n) is 5.08. The third-order valence-corrected chi connectivity index (χ3v) is 2.75. The lowest BCUT2D eigenvalue weighted by molar-refractivity contribution is -0.126. The number of aromatic amines is 1. The minimum Gasteiger partial charge on any atom is -0.347 e. The zero-order chi connectivity index (χ0) is 10.7. The van der Waals surface area contributed by atoms with Crippen LogP contribution < -0.4 is 10.6 Å². The summed E-state index contributed by atoms with van der Waals surface area (Å²) in [6, 6.07) is 0. The molecule has 1 aromatic rings. The summed E-state index contributed by atoms with van der Waals surface area (Å²) in [7, 11) is 0. The normalized spacial score (nSPS) is 25.4. The van der Waals surface area contributed by atoms with Gasteiger partial charge in [0.05, 0.1) is 12.1 Å². The zero-order valence-electron chi connectivity index (χ0n) is 8.71. The van der Waals surface area contributed by atoms with Crippen molar-refractivity contribution in [2.45, 2.75) is 31.8 Å². The van der Waals surface area contributed by atoms with Gasteiger partial charge in [0.25, 0.3) is 0 Å². The average molecular weight is 209 g/mol. The fourth-order valence-corrected chi connectivity index (χ4v) is 1.76. The summed E-state index contributed by atoms with van der Waals surface area (Å²) in [5.41, 5.74) is -0.417. The van der Waals surface area contributed by atoms with E-state index in [1.54, 1.807) is 0 Å². The first-order valence-corrected chi connectivity index (χ1v) is 5.08. The van der Waals surface area contributed by atoms with Gasteiger partial charge in [-0.05, 0) is 26.3 Å². The number of hydrogen-bond acceptors (Lipinski definition) is 4. The molecule has 0 saturated carbocycles. The summed E-state index contributed by atoms with van der Waals surface area (Å²) < 4.78 is 0. The van der Waals surface area contributed by atoms with Crippen molar-refractivity contribution in [3.63, 3.8) is 0 Å². The van der Waals surface area contributed by atoms with Crippen molar-refractivity contribution < 1.29 is 4.79 Å². The molecule has 1 fully saturated rings. The van der Waals surface area contributed by atoms with Crippen LogP contribution in [0.25, 0.3) is 0 Å². The number of hydrogen-bond donors (Lipinski definition) is 3. The van der Waals surface area contributed by atoms with E-state index in [9.17, 15) is 4.79 Å². The summed E-state index contributed by atoms with van der Waals surface area (Å²) in [5.74, 6) is 0.696. The zero-order valence-corrected chi connectivity index (χ0v) is 8.71. The summed E-state index contributed by atoms with van der Waals surface area (Å²) >= 11 is 0. The predicted octanol–water partition coefficient (Wildman–Crippen LogP) is -0.437. The van der Waals surface area contributed by atoms with Crippen LogP contribution in [0.4, 0.5) is 0 Å². The molecule has 1 aliphatic heterocycles. The molecule has 0 aliphatic carbocycles. The van der Waals surface area contributed by atoms with Crippen molar-refractivity contribution in [2.24, 2.45) is 0 Å². The van der Waals surface area contributed by atoms with Crippen molar-refractivity contribution in [2.75, 3.05) is 6.54 Å². The molecule has 0 aromatic carbocycles. The van der Waals surface area contributed by atoms with E-state index in [2.05, 4.69) is 25.8 Å². The third kappa shape index (κ3) is 2.15. The number of rotatable bonds is 3. The highest BCUT2D eigenvalue weighted by Gasteiger charge is 2.35. The fraction of sp³-hybridized carbons (Fsp3) is 0.667. The molecule has 15 heavy (non-hydrogen) atoms. The number of carbonyl (C=O) groups is 1. The van der Waals surface area contributed by atoms with E-state index in [1.165, 1.54) is 6.33 Å². The van der Waals surface area contributed by atoms with E-state index >= 15 is 0 Å². The number of carbonyl (C=O) groups excluding carboxylic acids is 1. The van der Waals surface area contributed by atoms with E-state index in [4.69, 9.17) is 0 Å². The molecule has 3 N–H and O–H groups in total. The largest absolute Gasteiger partial charge is 0.347 e. The summed E-state index contributed by atoms with van der Waals surface area (Å²) in [6.45, 7) is 3.23. The van der Waals surface area contributed by atoms with Gasteiger partial charge in [-0.1, -0.05) is 0 Å². The van der Waals surface area contributed by atoms with E-state index in [0.29, 0.717) is 12.4 Å². The Kier molecular flexibility index (Phi) is 2.68. The van der Waals surface area contributed by atoms with Gasteiger partial charge < -0.3 is 10.6 Å². The molecule has 82 valence electrons. The fourth-order valence-electron chi connectivity index (χ4n) is 1.76. The molecule has 0 bridgehead atoms. The lowest BCUT2D eigenvalue weighted by atomic mass is 9.99. The predicted molar refractivity (Wildman–Crippen MR) is 53.9 cm³/mol. The van der Waals surface area contributed by atoms with Gasteiger partial charge in [-0.2, -0.15) is 5.10 Å². The number of nitrogens with zero attached hydrogens (tertiary/aromatic N) is 2. The lowest BCUT2D eigenvalue weighted by Gasteiger charge is -2.22. The van der Waals surface area contributed by atoms with Crippen LogP contribution in [-0.4, -0.2) is 33.2 Å². The van der Waals surface area contributed by atoms with Gasteiger partial charge in [-0.25, -0.2) is 4.98 Å². The monoisotopic (exact) mass is 209 g/mol. The quantitative estimate of drug-likeness (QED) is 0.630. The molecule has 6 nitrogen and oxygen atoms in total. The van der Waals surface area contributed by atoms with Gasteiger partial charge in [0.1, 0.15) is 12.2 Å². The first kappa shape index (κ1) is 10.1. The molecule has 1 saturated heterocycles. The maximum absolute atomic E-state index is 11.8. The van der Waals surface area contributed by atoms with Crippen molar-refractivity contribution in [3.8, 4) is 0 Å². The van der Waals surface area contributed by atoms with Gasteiger partial charge in [-0.3, -0.25) is 9.89 Å². The van der Waals surface area contributed by atoms with Crippen LogP contribution in [0.2, 0.25) is 0 Å². The highest BCUT2D eigenvalue weighted by molar-refractivity contribution is 5.86. The molecule has 1 amide bonds. The molecule has 0 radical (unpaired) electrons. The van der Waals surface area contributed by atoms with Gasteiger partial charge >= 0.3 is 0 Å². The highest BCUT2D eigenvalue weighted by Crippen LogP contribution is 2.18. The second-order valence-electron chi connectivity index (χ2n) is 3.98. The third-order valence-electron chi connectivity index (χ3n) is 2.75. The molecule has 2 heterocycles. The summed E-state index contributed by atoms with van der Waals surface area (Å²) in [6.07, 6.45) is 3.36. The minimum atomic E-state index is -0.417. The van der Waals surface area contributed by atoms with E-state index in [1.807, 2.05) is 6.92 Å². The molecule has 2 rings (SSSR count). The Labute approximate surface area is 87.9 Å². The Morgan fingerprint density at radius 1 is 1.73 bits per heavy atom. The molecular weight excluding hydrogens is 194 g/mol. The maximum atomic E-state index is 11.8. The molecule has 1 aliphatic rings. The molecule has 0 spiro atoms. The average Bonchev–Trinajstić information content (AvgIpc) is 2.85. The summed E-state index contributed by atoms with van der Waals surface area (Å²) in [4.78, 5) is 15.8. The van der Waals surface area contributed by atoms with Crippen LogP contribution in [0.5, 0.6) is 0 Å². The number of nitrogens with one attached hydrogen (secondary N) is 3. The number of amides is 1. The Morgan fingerprint density at radius 3 is 3.20 bits per heavy atom. The van der Waals surface area contributed by atoms with Crippen molar-refractivity contribution in [1.82, 2.24) is 25.8 Å². The van der Waals surface area contributed by atoms with E-state index in [-0.39, 0.29) is 5.91 Å². The van der Waals surface area contributed by atoms with Crippen LogP contribution in [0.3, 0.4) is 0 Å². The van der Waals surface area contributed by atoms with Crippen molar-refractivity contribution in [3.05, 3.63) is 12.2 Å². The van der Waals surface area contributed by atoms with Crippen LogP contribution in [0.15, 0.2) is 6.33 Å². The smallest absolute Gasteiger partial charge is 0.240 e. The Hall–Kier alpha value is -1.43. The second kappa shape index (κ2) is 3.98. The summed E-state index contributed by atoms with van der Waals surface area (Å²) in [5, 5.41) is 12.4. The standard InChI is InChI=1S/C9H15N5O/c1-9(3-2-4-12-9)8(15)10-5-7-11-6-13-14-7/h6,12H,2-5H2,1H3,(H,10,15)(H,11,13,14). The molecule has 6 heteroatoms. The minimum absolute atomic E-state index is 0.0244. The molecular formula is C9H15N5O. The van der Waals surface area contributed by atoms with E-state index in [0.717, 1.165) is 19.4 Å². The SMILES string of the molecule is CC1(C(=O)NCc2ncn[nH]2)CCCN1. The lowest BCUT2D eigenvalue weighted by Crippen LogP contribution is -2.50. The number of H-pyrrole nitrogens is 1. The van der Waals surface area contributed by atoms with Gasteiger partial charge in [0, 0.05) is 0 Å². The van der Waals surface area contributed by atoms with Crippen molar-refractivity contribution >= 4 is 5.91 Å². The number of aromatic nitrogens is 3. The van der Waals surface area contributed by atoms with Crippen LogP contribution in [0.1, 0.15) is 25.6 Å². The van der Waals surface area contributed by atoms with Crippen LogP contribution in [0, 0.1) is 0 Å². The Morgan fingerprint density at radius 2 is 2.60 bits per heavy atom. The molecule has 1 unspecified atom stereocenters. The van der Waals surface area contributed by atoms with Gasteiger partial charge in [0.15, 0.2) is 0 Å². The maximum Gasteiger partial charge on any atom is 0.240 e.